The summed E-state index contributed by atoms with van der Waals surface area (Å²) in [6.45, 7) is 1.44. The summed E-state index contributed by atoms with van der Waals surface area (Å²) < 4.78 is 19.3. The molecule has 2 aromatic rings. The first-order valence-electron chi connectivity index (χ1n) is 7.39. The maximum Gasteiger partial charge on any atom is 0.310 e. The van der Waals surface area contributed by atoms with E-state index in [1.807, 2.05) is 31.2 Å². The highest BCUT2D eigenvalue weighted by Gasteiger charge is 2.13. The normalized spacial score (nSPS) is 11.6. The van der Waals surface area contributed by atoms with Crippen molar-refractivity contribution in [1.29, 1.82) is 0 Å². The van der Waals surface area contributed by atoms with E-state index in [0.29, 0.717) is 0 Å². The molecule has 1 amide bonds. The third kappa shape index (κ3) is 5.45. The van der Waals surface area contributed by atoms with Gasteiger partial charge < -0.3 is 10.1 Å². The lowest BCUT2D eigenvalue weighted by Gasteiger charge is -2.14. The topological polar surface area (TPSA) is 55.4 Å². The van der Waals surface area contributed by atoms with Gasteiger partial charge in [0, 0.05) is 4.47 Å². The zero-order chi connectivity index (χ0) is 17.5. The van der Waals surface area contributed by atoms with Crippen LogP contribution in [0.15, 0.2) is 53.0 Å². The second kappa shape index (κ2) is 8.59. The van der Waals surface area contributed by atoms with Crippen LogP contribution in [0.1, 0.15) is 24.1 Å². The van der Waals surface area contributed by atoms with Crippen molar-refractivity contribution >= 4 is 27.8 Å². The van der Waals surface area contributed by atoms with Crippen LogP contribution in [0.2, 0.25) is 0 Å². The van der Waals surface area contributed by atoms with Crippen molar-refractivity contribution < 1.29 is 18.7 Å². The standard InChI is InChI=1S/C18H17BrFNO3/c1-12(13-6-8-15(19)9-7-13)21-17(22)11-24-18(23)10-14-4-2-3-5-16(14)20/h2-9,12H,10-11H2,1H3,(H,21,22). The van der Waals surface area contributed by atoms with Crippen LogP contribution < -0.4 is 5.32 Å². The van der Waals surface area contributed by atoms with Gasteiger partial charge in [-0.2, -0.15) is 0 Å². The Morgan fingerprint density at radius 2 is 1.83 bits per heavy atom. The molecule has 0 aliphatic carbocycles. The maximum atomic E-state index is 13.4. The quantitative estimate of drug-likeness (QED) is 0.763. The number of esters is 1. The Hall–Kier alpha value is -2.21. The Balaban J connectivity index is 1.79. The van der Waals surface area contributed by atoms with Crippen molar-refractivity contribution in [2.45, 2.75) is 19.4 Å². The number of carbonyl (C=O) groups is 2. The molecule has 1 unspecified atom stereocenters. The van der Waals surface area contributed by atoms with Crippen molar-refractivity contribution in [2.75, 3.05) is 6.61 Å². The van der Waals surface area contributed by atoms with Gasteiger partial charge in [0.15, 0.2) is 6.61 Å². The molecule has 0 saturated heterocycles. The Kier molecular flexibility index (Phi) is 6.49. The van der Waals surface area contributed by atoms with Crippen molar-refractivity contribution in [3.05, 3.63) is 69.9 Å². The summed E-state index contributed by atoms with van der Waals surface area (Å²) in [7, 11) is 0. The molecule has 1 N–H and O–H groups in total. The van der Waals surface area contributed by atoms with Crippen LogP contribution in [0, 0.1) is 5.82 Å². The van der Waals surface area contributed by atoms with E-state index in [1.165, 1.54) is 12.1 Å². The molecule has 0 radical (unpaired) electrons. The molecule has 2 aromatic carbocycles. The van der Waals surface area contributed by atoms with E-state index in [2.05, 4.69) is 21.2 Å². The monoisotopic (exact) mass is 393 g/mol. The lowest BCUT2D eigenvalue weighted by atomic mass is 10.1. The fraction of sp³-hybridized carbons (Fsp3) is 0.222. The number of hydrogen-bond donors (Lipinski definition) is 1. The van der Waals surface area contributed by atoms with Crippen molar-refractivity contribution in [2.24, 2.45) is 0 Å². The molecule has 6 heteroatoms. The predicted octanol–water partition coefficient (Wildman–Crippen LogP) is 3.55. The van der Waals surface area contributed by atoms with E-state index in [9.17, 15) is 14.0 Å². The predicted molar refractivity (Wildman–Crippen MR) is 91.8 cm³/mol. The minimum atomic E-state index is -0.647. The van der Waals surface area contributed by atoms with Crippen LogP contribution in [0.3, 0.4) is 0 Å². The number of halogens is 2. The molecule has 0 aromatic heterocycles. The number of carbonyl (C=O) groups excluding carboxylic acids is 2. The number of rotatable bonds is 6. The summed E-state index contributed by atoms with van der Waals surface area (Å²) >= 11 is 3.35. The smallest absolute Gasteiger partial charge is 0.310 e. The summed E-state index contributed by atoms with van der Waals surface area (Å²) in [5.74, 6) is -1.53. The van der Waals surface area contributed by atoms with Crippen molar-refractivity contribution in [1.82, 2.24) is 5.32 Å². The molecule has 126 valence electrons. The van der Waals surface area contributed by atoms with Crippen LogP contribution >= 0.6 is 15.9 Å². The molecule has 0 bridgehead atoms. The molecule has 0 aliphatic rings. The molecule has 0 aliphatic heterocycles. The average molecular weight is 394 g/mol. The molecule has 1 atom stereocenters. The Morgan fingerprint density at radius 3 is 2.50 bits per heavy atom. The van der Waals surface area contributed by atoms with Gasteiger partial charge >= 0.3 is 5.97 Å². The molecule has 0 heterocycles. The molecule has 0 fully saturated rings. The second-order valence-corrected chi connectivity index (χ2v) is 6.19. The third-order valence-corrected chi connectivity index (χ3v) is 3.93. The largest absolute Gasteiger partial charge is 0.455 e. The summed E-state index contributed by atoms with van der Waals surface area (Å²) in [6.07, 6.45) is -0.206. The zero-order valence-electron chi connectivity index (χ0n) is 13.1. The van der Waals surface area contributed by atoms with Crippen LogP contribution in [-0.4, -0.2) is 18.5 Å². The van der Waals surface area contributed by atoms with Crippen LogP contribution in [0.25, 0.3) is 0 Å². The molecule has 2 rings (SSSR count). The van der Waals surface area contributed by atoms with Gasteiger partial charge in [-0.05, 0) is 36.2 Å². The van der Waals surface area contributed by atoms with Gasteiger partial charge in [-0.3, -0.25) is 9.59 Å². The third-order valence-electron chi connectivity index (χ3n) is 3.40. The fourth-order valence-electron chi connectivity index (χ4n) is 2.11. The second-order valence-electron chi connectivity index (χ2n) is 5.27. The SMILES string of the molecule is CC(NC(=O)COC(=O)Cc1ccccc1F)c1ccc(Br)cc1. The van der Waals surface area contributed by atoms with E-state index in [1.54, 1.807) is 12.1 Å². The molecule has 24 heavy (non-hydrogen) atoms. The molecule has 0 saturated carbocycles. The molecular formula is C18H17BrFNO3. The average Bonchev–Trinajstić information content (AvgIpc) is 2.55. The Labute approximate surface area is 148 Å². The van der Waals surface area contributed by atoms with Gasteiger partial charge in [0.1, 0.15) is 5.82 Å². The van der Waals surface area contributed by atoms with E-state index in [0.717, 1.165) is 10.0 Å². The number of hydrogen-bond acceptors (Lipinski definition) is 3. The van der Waals surface area contributed by atoms with Gasteiger partial charge in [0.05, 0.1) is 12.5 Å². The van der Waals surface area contributed by atoms with Gasteiger partial charge in [0.25, 0.3) is 5.91 Å². The minimum absolute atomic E-state index is 0.206. The summed E-state index contributed by atoms with van der Waals surface area (Å²) in [6, 6.07) is 13.3. The number of benzene rings is 2. The van der Waals surface area contributed by atoms with Gasteiger partial charge in [-0.25, -0.2) is 4.39 Å². The first-order valence-corrected chi connectivity index (χ1v) is 8.19. The highest BCUT2D eigenvalue weighted by atomic mass is 79.9. The molecular weight excluding hydrogens is 377 g/mol. The number of amides is 1. The fourth-order valence-corrected chi connectivity index (χ4v) is 2.38. The molecule has 0 spiro atoms. The number of nitrogens with one attached hydrogen (secondary N) is 1. The summed E-state index contributed by atoms with van der Waals surface area (Å²) in [5.41, 5.74) is 1.18. The minimum Gasteiger partial charge on any atom is -0.455 e. The van der Waals surface area contributed by atoms with E-state index >= 15 is 0 Å². The molecule has 4 nitrogen and oxygen atoms in total. The van der Waals surface area contributed by atoms with Gasteiger partial charge in [0.2, 0.25) is 0 Å². The van der Waals surface area contributed by atoms with E-state index < -0.39 is 24.3 Å². The number of ether oxygens (including phenoxy) is 1. The van der Waals surface area contributed by atoms with Gasteiger partial charge in [-0.15, -0.1) is 0 Å². The summed E-state index contributed by atoms with van der Waals surface area (Å²) in [5, 5.41) is 2.74. The maximum absolute atomic E-state index is 13.4. The zero-order valence-corrected chi connectivity index (χ0v) is 14.7. The first-order chi connectivity index (χ1) is 11.5. The summed E-state index contributed by atoms with van der Waals surface area (Å²) in [4.78, 5) is 23.5. The van der Waals surface area contributed by atoms with Crippen LogP contribution in [0.4, 0.5) is 4.39 Å². The van der Waals surface area contributed by atoms with Crippen LogP contribution in [-0.2, 0) is 20.7 Å². The van der Waals surface area contributed by atoms with Crippen molar-refractivity contribution in [3.63, 3.8) is 0 Å². The Bertz CT molecular complexity index is 718. The van der Waals surface area contributed by atoms with Crippen molar-refractivity contribution in [3.8, 4) is 0 Å². The van der Waals surface area contributed by atoms with Gasteiger partial charge in [-0.1, -0.05) is 46.3 Å². The van der Waals surface area contributed by atoms with E-state index in [4.69, 9.17) is 4.74 Å². The highest BCUT2D eigenvalue weighted by Crippen LogP contribution is 2.16. The lowest BCUT2D eigenvalue weighted by Crippen LogP contribution is -2.31. The Morgan fingerprint density at radius 1 is 1.17 bits per heavy atom. The van der Waals surface area contributed by atoms with Crippen LogP contribution in [0.5, 0.6) is 0 Å². The first kappa shape index (κ1) is 18.1. The highest BCUT2D eigenvalue weighted by molar-refractivity contribution is 9.10. The van der Waals surface area contributed by atoms with E-state index in [-0.39, 0.29) is 18.0 Å². The lowest BCUT2D eigenvalue weighted by molar-refractivity contribution is -0.148.